The molecule has 1 aromatic heterocycles. The second kappa shape index (κ2) is 5.18. The van der Waals surface area contributed by atoms with Gasteiger partial charge in [-0.25, -0.2) is 17.9 Å². The lowest BCUT2D eigenvalue weighted by Crippen LogP contribution is -2.18. The third-order valence-electron chi connectivity index (χ3n) is 3.47. The van der Waals surface area contributed by atoms with Gasteiger partial charge < -0.3 is 9.52 Å². The highest BCUT2D eigenvalue weighted by atomic mass is 32.2. The van der Waals surface area contributed by atoms with Crippen molar-refractivity contribution in [3.8, 4) is 0 Å². The van der Waals surface area contributed by atoms with Crippen LogP contribution in [0.2, 0.25) is 0 Å². The van der Waals surface area contributed by atoms with E-state index >= 15 is 0 Å². The normalized spacial score (nSPS) is 11.9. The molecule has 3 aromatic rings. The molecule has 0 atom stereocenters. The predicted octanol–water partition coefficient (Wildman–Crippen LogP) is 1.55. The van der Waals surface area contributed by atoms with Crippen molar-refractivity contribution < 1.29 is 22.7 Å². The number of carboxylic acid groups (broad SMARTS) is 1. The maximum Gasteiger partial charge on any atom is 0.335 e. The van der Waals surface area contributed by atoms with Gasteiger partial charge in [0.1, 0.15) is 11.2 Å². The highest BCUT2D eigenvalue weighted by molar-refractivity contribution is 7.89. The molecule has 0 fully saturated rings. The molecule has 0 saturated heterocycles. The van der Waals surface area contributed by atoms with Gasteiger partial charge in [-0.3, -0.25) is 4.79 Å². The number of fused-ring (bicyclic) bond motifs is 2. The van der Waals surface area contributed by atoms with Gasteiger partial charge in [0.25, 0.3) is 0 Å². The van der Waals surface area contributed by atoms with E-state index in [-0.39, 0.29) is 32.4 Å². The minimum absolute atomic E-state index is 0.0526. The maximum atomic E-state index is 12.6. The first kappa shape index (κ1) is 15.2. The number of rotatable bonds is 3. The van der Waals surface area contributed by atoms with Crippen LogP contribution < -0.4 is 10.2 Å². The van der Waals surface area contributed by atoms with Crippen molar-refractivity contribution in [1.82, 2.24) is 4.72 Å². The molecule has 8 heteroatoms. The molecule has 0 amide bonds. The van der Waals surface area contributed by atoms with Gasteiger partial charge >= 0.3 is 5.97 Å². The van der Waals surface area contributed by atoms with Gasteiger partial charge in [-0.05, 0) is 43.4 Å². The minimum Gasteiger partial charge on any atom is -0.478 e. The molecule has 3 rings (SSSR count). The summed E-state index contributed by atoms with van der Waals surface area (Å²) in [7, 11) is -2.44. The Morgan fingerprint density at radius 2 is 1.70 bits per heavy atom. The van der Waals surface area contributed by atoms with Crippen molar-refractivity contribution in [3.63, 3.8) is 0 Å². The fourth-order valence-corrected chi connectivity index (χ4v) is 3.01. The fourth-order valence-electron chi connectivity index (χ4n) is 2.25. The van der Waals surface area contributed by atoms with Crippen LogP contribution in [0, 0.1) is 0 Å². The van der Waals surface area contributed by atoms with Crippen molar-refractivity contribution in [2.75, 3.05) is 7.05 Å². The van der Waals surface area contributed by atoms with E-state index in [9.17, 15) is 18.0 Å². The molecule has 0 aliphatic rings. The van der Waals surface area contributed by atoms with E-state index in [1.807, 2.05) is 0 Å². The van der Waals surface area contributed by atoms with Gasteiger partial charge in [-0.2, -0.15) is 0 Å². The summed E-state index contributed by atoms with van der Waals surface area (Å²) in [5.74, 6) is -1.17. The quantitative estimate of drug-likeness (QED) is 0.703. The molecule has 0 radical (unpaired) electrons. The number of hydrogen-bond donors (Lipinski definition) is 2. The van der Waals surface area contributed by atoms with Crippen LogP contribution >= 0.6 is 0 Å². The third-order valence-corrected chi connectivity index (χ3v) is 4.88. The second-order valence-corrected chi connectivity index (χ2v) is 6.70. The zero-order chi connectivity index (χ0) is 16.8. The number of sulfonamides is 1. The lowest BCUT2D eigenvalue weighted by molar-refractivity contribution is 0.0697. The lowest BCUT2D eigenvalue weighted by atomic mass is 10.1. The van der Waals surface area contributed by atoms with Crippen molar-refractivity contribution in [2.45, 2.75) is 4.90 Å². The Morgan fingerprint density at radius 1 is 1.09 bits per heavy atom. The molecule has 1 heterocycles. The van der Waals surface area contributed by atoms with E-state index in [1.54, 1.807) is 0 Å². The average Bonchev–Trinajstić information content (AvgIpc) is 2.54. The first-order valence-electron chi connectivity index (χ1n) is 6.51. The summed E-state index contributed by atoms with van der Waals surface area (Å²) < 4.78 is 31.4. The Morgan fingerprint density at radius 3 is 2.30 bits per heavy atom. The van der Waals surface area contributed by atoms with Crippen LogP contribution in [0.4, 0.5) is 0 Å². The zero-order valence-corrected chi connectivity index (χ0v) is 12.7. The van der Waals surface area contributed by atoms with E-state index in [4.69, 9.17) is 9.52 Å². The molecule has 7 nitrogen and oxygen atoms in total. The van der Waals surface area contributed by atoms with Gasteiger partial charge in [0.2, 0.25) is 15.5 Å². The summed E-state index contributed by atoms with van der Waals surface area (Å²) in [5.41, 5.74) is -0.0852. The number of hydrogen-bond acceptors (Lipinski definition) is 5. The molecular formula is C15H11NO6S. The smallest absolute Gasteiger partial charge is 0.335 e. The molecule has 2 aromatic carbocycles. The van der Waals surface area contributed by atoms with Crippen molar-refractivity contribution in [3.05, 3.63) is 52.2 Å². The van der Waals surface area contributed by atoms with Crippen LogP contribution in [0.1, 0.15) is 10.4 Å². The molecular weight excluding hydrogens is 322 g/mol. The Kier molecular flexibility index (Phi) is 3.42. The molecule has 0 aliphatic heterocycles. The highest BCUT2D eigenvalue weighted by Gasteiger charge is 2.16. The zero-order valence-electron chi connectivity index (χ0n) is 11.9. The lowest BCUT2D eigenvalue weighted by Gasteiger charge is -2.05. The SMILES string of the molecule is CNS(=O)(=O)c1ccc2oc3ccc(C(=O)O)cc3c(=O)c2c1. The molecule has 2 N–H and O–H groups in total. The average molecular weight is 333 g/mol. The Balaban J connectivity index is 2.39. The number of carboxylic acids is 1. The number of nitrogens with one attached hydrogen (secondary N) is 1. The van der Waals surface area contributed by atoms with E-state index < -0.39 is 21.4 Å². The van der Waals surface area contributed by atoms with Crippen LogP contribution in [-0.4, -0.2) is 26.5 Å². The van der Waals surface area contributed by atoms with Crippen molar-refractivity contribution in [1.29, 1.82) is 0 Å². The summed E-state index contributed by atoms with van der Waals surface area (Å²) in [6, 6.07) is 7.87. The van der Waals surface area contributed by atoms with Crippen molar-refractivity contribution >= 4 is 37.9 Å². The molecule has 0 bridgehead atoms. The monoisotopic (exact) mass is 333 g/mol. The van der Waals surface area contributed by atoms with E-state index in [0.29, 0.717) is 0 Å². The molecule has 0 unspecified atom stereocenters. The van der Waals surface area contributed by atoms with Crippen LogP contribution in [0.5, 0.6) is 0 Å². The Labute approximate surface area is 130 Å². The molecule has 0 spiro atoms. The fraction of sp³-hybridized carbons (Fsp3) is 0.0667. The van der Waals surface area contributed by atoms with Gasteiger partial charge in [0.05, 0.1) is 21.2 Å². The van der Waals surface area contributed by atoms with Crippen LogP contribution in [0.15, 0.2) is 50.5 Å². The topological polar surface area (TPSA) is 114 Å². The summed E-state index contributed by atoms with van der Waals surface area (Å²) >= 11 is 0. The summed E-state index contributed by atoms with van der Waals surface area (Å²) in [5, 5.41) is 9.16. The van der Waals surface area contributed by atoms with Crippen LogP contribution in [0.3, 0.4) is 0 Å². The largest absolute Gasteiger partial charge is 0.478 e. The van der Waals surface area contributed by atoms with Gasteiger partial charge in [0.15, 0.2) is 0 Å². The van der Waals surface area contributed by atoms with E-state index in [0.717, 1.165) is 0 Å². The van der Waals surface area contributed by atoms with E-state index in [1.165, 1.54) is 43.4 Å². The third kappa shape index (κ3) is 2.47. The Hall–Kier alpha value is -2.71. The second-order valence-electron chi connectivity index (χ2n) is 4.81. The van der Waals surface area contributed by atoms with Crippen LogP contribution in [0.25, 0.3) is 21.9 Å². The molecule has 0 saturated carbocycles. The number of aromatic carboxylic acids is 1. The van der Waals surface area contributed by atoms with Gasteiger partial charge in [0, 0.05) is 0 Å². The van der Waals surface area contributed by atoms with Crippen LogP contribution in [-0.2, 0) is 10.0 Å². The molecule has 118 valence electrons. The first-order valence-corrected chi connectivity index (χ1v) is 7.99. The van der Waals surface area contributed by atoms with Gasteiger partial charge in [-0.1, -0.05) is 0 Å². The summed E-state index contributed by atoms with van der Waals surface area (Å²) in [6.45, 7) is 0. The molecule has 23 heavy (non-hydrogen) atoms. The summed E-state index contributed by atoms with van der Waals surface area (Å²) in [6.07, 6.45) is 0. The number of carbonyl (C=O) groups is 1. The predicted molar refractivity (Wildman–Crippen MR) is 83.2 cm³/mol. The number of benzene rings is 2. The Bertz CT molecular complexity index is 1110. The standard InChI is InChI=1S/C15H11NO6S/c1-16-23(20,21)9-3-5-13-11(7-9)14(17)10-6-8(15(18)19)2-4-12(10)22-13/h2-7,16H,1H3,(H,18,19). The van der Waals surface area contributed by atoms with Gasteiger partial charge in [-0.15, -0.1) is 0 Å². The van der Waals surface area contributed by atoms with E-state index in [2.05, 4.69) is 4.72 Å². The maximum absolute atomic E-state index is 12.6. The molecule has 0 aliphatic carbocycles. The van der Waals surface area contributed by atoms with Crippen molar-refractivity contribution in [2.24, 2.45) is 0 Å². The highest BCUT2D eigenvalue weighted by Crippen LogP contribution is 2.22. The first-order chi connectivity index (χ1) is 10.8. The minimum atomic E-state index is -3.71. The summed E-state index contributed by atoms with van der Waals surface area (Å²) in [4.78, 5) is 23.5.